The Morgan fingerprint density at radius 2 is 1.82 bits per heavy atom. The van der Waals surface area contributed by atoms with Gasteiger partial charge in [-0.2, -0.15) is 0 Å². The third-order valence-corrected chi connectivity index (χ3v) is 8.76. The van der Waals surface area contributed by atoms with Gasteiger partial charge in [0.05, 0.1) is 11.8 Å². The van der Waals surface area contributed by atoms with Crippen LogP contribution in [0.15, 0.2) is 30.7 Å². The van der Waals surface area contributed by atoms with Gasteiger partial charge in [0.15, 0.2) is 11.6 Å². The minimum absolute atomic E-state index is 0.0461. The molecule has 3 aliphatic rings. The summed E-state index contributed by atoms with van der Waals surface area (Å²) < 4.78 is 35.6. The van der Waals surface area contributed by atoms with E-state index in [9.17, 15) is 14.0 Å². The number of Topliss-reactive ketones (excluding diaryl/α,β-unsaturated/α-hetero) is 1. The lowest BCUT2D eigenvalue weighted by atomic mass is 9.71. The first-order valence-corrected chi connectivity index (χ1v) is 14.4. The molecule has 1 spiro atoms. The largest absolute Gasteiger partial charge is 0.451 e. The van der Waals surface area contributed by atoms with Crippen molar-refractivity contribution in [1.29, 1.82) is 0 Å². The van der Waals surface area contributed by atoms with Crippen molar-refractivity contribution >= 4 is 17.5 Å². The molecule has 40 heavy (non-hydrogen) atoms. The van der Waals surface area contributed by atoms with Crippen LogP contribution < -0.4 is 9.64 Å². The average molecular weight is 556 g/mol. The molecule has 0 atom stereocenters. The van der Waals surface area contributed by atoms with E-state index in [1.807, 2.05) is 20.8 Å². The number of carbonyl (C=O) groups is 2. The van der Waals surface area contributed by atoms with Gasteiger partial charge in [-0.3, -0.25) is 9.59 Å². The molecule has 1 aliphatic carbocycles. The number of carbonyl (C=O) groups excluding carboxylic acids is 2. The van der Waals surface area contributed by atoms with Crippen LogP contribution in [0.1, 0.15) is 69.7 Å². The Labute approximate surface area is 234 Å². The van der Waals surface area contributed by atoms with Crippen molar-refractivity contribution in [3.8, 4) is 11.5 Å². The second-order valence-corrected chi connectivity index (χ2v) is 12.0. The van der Waals surface area contributed by atoms with Gasteiger partial charge in [0.1, 0.15) is 29.3 Å². The highest BCUT2D eigenvalue weighted by Crippen LogP contribution is 2.45. The molecule has 0 bridgehead atoms. The van der Waals surface area contributed by atoms with E-state index in [0.29, 0.717) is 50.3 Å². The third-order valence-electron chi connectivity index (χ3n) is 8.76. The number of piperidine rings is 1. The molecule has 5 rings (SSSR count). The summed E-state index contributed by atoms with van der Waals surface area (Å²) in [4.78, 5) is 39.4. The number of likely N-dealkylation sites (tertiary alicyclic amines) is 1. The molecule has 0 N–H and O–H groups in total. The molecule has 1 aromatic heterocycles. The average Bonchev–Trinajstić information content (AvgIpc) is 2.91. The second kappa shape index (κ2) is 11.4. The van der Waals surface area contributed by atoms with E-state index in [1.165, 1.54) is 24.5 Å². The molecule has 1 amide bonds. The maximum atomic E-state index is 15.3. The molecule has 0 radical (unpaired) electrons. The number of aromatic nitrogens is 2. The van der Waals surface area contributed by atoms with Crippen molar-refractivity contribution in [2.45, 2.75) is 71.0 Å². The van der Waals surface area contributed by atoms with E-state index in [0.717, 1.165) is 39.0 Å². The molecular formula is C30H39F2N5O3. The Bertz CT molecular complexity index is 1230. The highest BCUT2D eigenvalue weighted by molar-refractivity contribution is 5.97. The number of ether oxygens (including phenoxy) is 1. The highest BCUT2D eigenvalue weighted by atomic mass is 19.1. The molecule has 1 aromatic carbocycles. The molecule has 3 heterocycles. The first-order valence-electron chi connectivity index (χ1n) is 14.4. The van der Waals surface area contributed by atoms with Gasteiger partial charge in [-0.15, -0.1) is 0 Å². The summed E-state index contributed by atoms with van der Waals surface area (Å²) in [6.45, 7) is 9.91. The van der Waals surface area contributed by atoms with Gasteiger partial charge in [-0.25, -0.2) is 18.7 Å². The van der Waals surface area contributed by atoms with Crippen LogP contribution in [0.25, 0.3) is 0 Å². The van der Waals surface area contributed by atoms with Gasteiger partial charge in [-0.1, -0.05) is 0 Å². The van der Waals surface area contributed by atoms with Gasteiger partial charge in [0.2, 0.25) is 0 Å². The number of ketones is 1. The summed E-state index contributed by atoms with van der Waals surface area (Å²) in [7, 11) is 0. The van der Waals surface area contributed by atoms with Crippen LogP contribution in [0.4, 0.5) is 14.6 Å². The Kier molecular flexibility index (Phi) is 8.08. The van der Waals surface area contributed by atoms with Crippen molar-refractivity contribution in [1.82, 2.24) is 19.8 Å². The SMILES string of the molecule is CCN(C(=O)c1cc(F)ccc1Oc1cncnc1N1CC2(CCN(CC3(F)CCC(=O)CC3)CC2)C1)C(C)C. The molecule has 0 unspecified atom stereocenters. The zero-order valence-corrected chi connectivity index (χ0v) is 23.7. The number of rotatable bonds is 8. The third kappa shape index (κ3) is 5.96. The molecule has 1 saturated carbocycles. The molecule has 2 aromatic rings. The lowest BCUT2D eigenvalue weighted by molar-refractivity contribution is -0.123. The summed E-state index contributed by atoms with van der Waals surface area (Å²) in [6, 6.07) is 3.92. The first-order chi connectivity index (χ1) is 19.1. The Morgan fingerprint density at radius 3 is 2.48 bits per heavy atom. The molecule has 2 saturated heterocycles. The molecule has 10 heteroatoms. The molecular weight excluding hydrogens is 516 g/mol. The molecule has 216 valence electrons. The highest BCUT2D eigenvalue weighted by Gasteiger charge is 2.47. The predicted octanol–water partition coefficient (Wildman–Crippen LogP) is 5.03. The van der Waals surface area contributed by atoms with E-state index in [1.54, 1.807) is 11.1 Å². The fourth-order valence-electron chi connectivity index (χ4n) is 6.35. The maximum Gasteiger partial charge on any atom is 0.257 e. The zero-order valence-electron chi connectivity index (χ0n) is 23.7. The summed E-state index contributed by atoms with van der Waals surface area (Å²) >= 11 is 0. The number of halogens is 2. The fourth-order valence-corrected chi connectivity index (χ4v) is 6.35. The van der Waals surface area contributed by atoms with Crippen LogP contribution in [0, 0.1) is 11.2 Å². The topological polar surface area (TPSA) is 78.9 Å². The summed E-state index contributed by atoms with van der Waals surface area (Å²) in [6.07, 6.45) is 6.38. The quantitative estimate of drug-likeness (QED) is 0.452. The molecule has 2 aliphatic heterocycles. The summed E-state index contributed by atoms with van der Waals surface area (Å²) in [5.41, 5.74) is -0.951. The van der Waals surface area contributed by atoms with Gasteiger partial charge in [0, 0.05) is 50.5 Å². The van der Waals surface area contributed by atoms with Gasteiger partial charge < -0.3 is 19.4 Å². The van der Waals surface area contributed by atoms with Crippen LogP contribution >= 0.6 is 0 Å². The number of benzene rings is 1. The van der Waals surface area contributed by atoms with Gasteiger partial charge >= 0.3 is 0 Å². The second-order valence-electron chi connectivity index (χ2n) is 12.0. The van der Waals surface area contributed by atoms with E-state index < -0.39 is 11.5 Å². The maximum absolute atomic E-state index is 15.3. The van der Waals surface area contributed by atoms with Crippen molar-refractivity contribution < 1.29 is 23.1 Å². The van der Waals surface area contributed by atoms with Crippen molar-refractivity contribution in [2.24, 2.45) is 5.41 Å². The standard InChI is InChI=1S/C30H39F2N5O3/c1-4-37(21(2)3)28(39)24-15-22(31)5-6-25(24)40-26-16-33-20-34-27(26)36-17-29(18-36)11-13-35(14-12-29)19-30(32)9-7-23(38)8-10-30/h5-6,15-16,20-21H,4,7-14,17-19H2,1-3H3. The lowest BCUT2D eigenvalue weighted by Crippen LogP contribution is -2.61. The molecule has 3 fully saturated rings. The fraction of sp³-hybridized carbons (Fsp3) is 0.600. The van der Waals surface area contributed by atoms with E-state index in [2.05, 4.69) is 19.8 Å². The van der Waals surface area contributed by atoms with Crippen LogP contribution in [0.2, 0.25) is 0 Å². The summed E-state index contributed by atoms with van der Waals surface area (Å²) in [5, 5.41) is 0. The zero-order chi connectivity index (χ0) is 28.5. The summed E-state index contributed by atoms with van der Waals surface area (Å²) in [5.74, 6) is 0.677. The number of alkyl halides is 1. The smallest absolute Gasteiger partial charge is 0.257 e. The van der Waals surface area contributed by atoms with Gasteiger partial charge in [-0.05, 0) is 77.7 Å². The molecule has 8 nitrogen and oxygen atoms in total. The number of hydrogen-bond acceptors (Lipinski definition) is 7. The Morgan fingerprint density at radius 1 is 1.12 bits per heavy atom. The Hall–Kier alpha value is -3.14. The van der Waals surface area contributed by atoms with Crippen LogP contribution in [0.3, 0.4) is 0 Å². The Balaban J connectivity index is 1.24. The number of hydrogen-bond donors (Lipinski definition) is 0. The van der Waals surface area contributed by atoms with Crippen LogP contribution in [0.5, 0.6) is 11.5 Å². The van der Waals surface area contributed by atoms with Crippen molar-refractivity contribution in [3.63, 3.8) is 0 Å². The first kappa shape index (κ1) is 28.4. The van der Waals surface area contributed by atoms with E-state index >= 15 is 4.39 Å². The van der Waals surface area contributed by atoms with Gasteiger partial charge in [0.25, 0.3) is 5.91 Å². The van der Waals surface area contributed by atoms with Crippen molar-refractivity contribution in [2.75, 3.05) is 44.2 Å². The lowest BCUT2D eigenvalue weighted by Gasteiger charge is -2.55. The van der Waals surface area contributed by atoms with Crippen LogP contribution in [-0.2, 0) is 4.79 Å². The number of nitrogens with zero attached hydrogens (tertiary/aromatic N) is 5. The van der Waals surface area contributed by atoms with Crippen molar-refractivity contribution in [3.05, 3.63) is 42.1 Å². The minimum atomic E-state index is -1.25. The van der Waals surface area contributed by atoms with E-state index in [-0.39, 0.29) is 34.5 Å². The number of anilines is 1. The monoisotopic (exact) mass is 555 g/mol. The normalized spacial score (nSPS) is 20.4. The minimum Gasteiger partial charge on any atom is -0.451 e. The van der Waals surface area contributed by atoms with E-state index in [4.69, 9.17) is 4.74 Å². The number of amides is 1. The van der Waals surface area contributed by atoms with Crippen LogP contribution in [-0.4, -0.2) is 82.4 Å². The predicted molar refractivity (Wildman–Crippen MR) is 148 cm³/mol.